The molecule has 2 unspecified atom stereocenters. The Hall–Kier alpha value is -0.460. The fourth-order valence-electron chi connectivity index (χ4n) is 0.870. The Labute approximate surface area is 81.5 Å². The first-order chi connectivity index (χ1) is 6.29. The van der Waals surface area contributed by atoms with Gasteiger partial charge in [-0.2, -0.15) is 0 Å². The van der Waals surface area contributed by atoms with Gasteiger partial charge in [0.05, 0.1) is 0 Å². The van der Waals surface area contributed by atoms with Crippen LogP contribution in [-0.2, 0) is 9.36 Å². The number of carbonyl (C=O) groups is 1. The van der Waals surface area contributed by atoms with Gasteiger partial charge in [0.15, 0.2) is 5.91 Å². The van der Waals surface area contributed by atoms with Crippen molar-refractivity contribution in [2.24, 2.45) is 5.73 Å². The minimum atomic E-state index is -4.47. The van der Waals surface area contributed by atoms with Gasteiger partial charge >= 0.3 is 13.6 Å². The zero-order valence-electron chi connectivity index (χ0n) is 7.75. The molecule has 0 spiro atoms. The zero-order valence-corrected chi connectivity index (χ0v) is 8.65. The molecular formula is C6H15N2O5P. The number of aliphatic carboxylic acids is 1. The van der Waals surface area contributed by atoms with Crippen molar-refractivity contribution in [3.8, 4) is 0 Å². The van der Waals surface area contributed by atoms with Gasteiger partial charge < -0.3 is 20.6 Å². The van der Waals surface area contributed by atoms with Crippen LogP contribution in [-0.4, -0.2) is 32.8 Å². The zero-order chi connectivity index (χ0) is 11.4. The van der Waals surface area contributed by atoms with Crippen LogP contribution in [0.15, 0.2) is 0 Å². The van der Waals surface area contributed by atoms with Gasteiger partial charge in [0.2, 0.25) is 0 Å². The van der Waals surface area contributed by atoms with E-state index in [-0.39, 0.29) is 6.42 Å². The molecule has 6 N–H and O–H groups in total. The fraction of sp³-hybridized carbons (Fsp3) is 0.833. The molecule has 14 heavy (non-hydrogen) atoms. The summed E-state index contributed by atoms with van der Waals surface area (Å²) in [5, 5.41) is 10.8. The summed E-state index contributed by atoms with van der Waals surface area (Å²) < 4.78 is 10.6. The van der Waals surface area contributed by atoms with Crippen LogP contribution in [0, 0.1) is 0 Å². The summed E-state index contributed by atoms with van der Waals surface area (Å²) in [6, 6.07) is -1.03. The Morgan fingerprint density at radius 3 is 2.36 bits per heavy atom. The van der Waals surface area contributed by atoms with E-state index in [0.29, 0.717) is 6.42 Å². The summed E-state index contributed by atoms with van der Waals surface area (Å²) in [5.41, 5.74) is 5.08. The molecule has 0 aliphatic heterocycles. The van der Waals surface area contributed by atoms with E-state index >= 15 is 0 Å². The van der Waals surface area contributed by atoms with E-state index in [0.717, 1.165) is 0 Å². The maximum Gasteiger partial charge on any atom is 0.356 e. The fourth-order valence-corrected chi connectivity index (χ4v) is 1.24. The Morgan fingerprint density at radius 2 is 2.07 bits per heavy atom. The van der Waals surface area contributed by atoms with Crippen LogP contribution in [0.5, 0.6) is 0 Å². The van der Waals surface area contributed by atoms with Crippen molar-refractivity contribution < 1.29 is 24.3 Å². The molecule has 2 atom stereocenters. The van der Waals surface area contributed by atoms with Crippen LogP contribution in [0.4, 0.5) is 0 Å². The topological polar surface area (TPSA) is 133 Å². The lowest BCUT2D eigenvalue weighted by Gasteiger charge is -2.20. The SMILES string of the molecule is CCCC(NC(N)P(=O)(O)O)C(=O)O. The third kappa shape index (κ3) is 4.69. The largest absolute Gasteiger partial charge is 0.480 e. The van der Waals surface area contributed by atoms with E-state index in [1.54, 1.807) is 6.92 Å². The molecule has 84 valence electrons. The predicted molar refractivity (Wildman–Crippen MR) is 49.5 cm³/mol. The van der Waals surface area contributed by atoms with E-state index in [9.17, 15) is 9.36 Å². The predicted octanol–water partition coefficient (Wildman–Crippen LogP) is -0.751. The third-order valence-electron chi connectivity index (χ3n) is 1.61. The van der Waals surface area contributed by atoms with Crippen LogP contribution in [0.25, 0.3) is 0 Å². The van der Waals surface area contributed by atoms with E-state index in [4.69, 9.17) is 20.6 Å². The molecule has 0 fully saturated rings. The lowest BCUT2D eigenvalue weighted by molar-refractivity contribution is -0.139. The molecule has 0 aromatic carbocycles. The molecule has 7 nitrogen and oxygen atoms in total. The van der Waals surface area contributed by atoms with Crippen molar-refractivity contribution in [3.63, 3.8) is 0 Å². The molecule has 0 aromatic heterocycles. The van der Waals surface area contributed by atoms with Crippen LogP contribution in [0.1, 0.15) is 19.8 Å². The van der Waals surface area contributed by atoms with E-state index < -0.39 is 25.5 Å². The number of carboxylic acid groups (broad SMARTS) is 1. The average molecular weight is 226 g/mol. The Morgan fingerprint density at radius 1 is 1.57 bits per heavy atom. The summed E-state index contributed by atoms with van der Waals surface area (Å²) in [6.07, 6.45) is 0.848. The van der Waals surface area contributed by atoms with Gasteiger partial charge in [-0.05, 0) is 6.42 Å². The molecule has 0 bridgehead atoms. The monoisotopic (exact) mass is 226 g/mol. The second-order valence-electron chi connectivity index (χ2n) is 2.88. The third-order valence-corrected chi connectivity index (χ3v) is 2.48. The number of hydrogen-bond acceptors (Lipinski definition) is 4. The second kappa shape index (κ2) is 5.43. The Kier molecular flexibility index (Phi) is 5.25. The van der Waals surface area contributed by atoms with E-state index in [1.165, 1.54) is 0 Å². The van der Waals surface area contributed by atoms with Crippen molar-refractivity contribution >= 4 is 13.6 Å². The summed E-state index contributed by atoms with van der Waals surface area (Å²) in [4.78, 5) is 27.8. The van der Waals surface area contributed by atoms with Crippen molar-refractivity contribution in [2.75, 3.05) is 0 Å². The molecular weight excluding hydrogens is 211 g/mol. The van der Waals surface area contributed by atoms with Gasteiger partial charge in [0, 0.05) is 0 Å². The van der Waals surface area contributed by atoms with Crippen LogP contribution >= 0.6 is 7.60 Å². The van der Waals surface area contributed by atoms with Gasteiger partial charge in [-0.25, -0.2) is 0 Å². The van der Waals surface area contributed by atoms with Gasteiger partial charge in [-0.15, -0.1) is 0 Å². The first-order valence-corrected chi connectivity index (χ1v) is 5.76. The first kappa shape index (κ1) is 13.5. The minimum absolute atomic E-state index is 0.267. The number of nitrogens with two attached hydrogens (primary N) is 1. The highest BCUT2D eigenvalue weighted by Gasteiger charge is 2.29. The molecule has 0 heterocycles. The summed E-state index contributed by atoms with van der Waals surface area (Å²) in [5.74, 6) is -2.80. The number of nitrogens with one attached hydrogen (secondary N) is 1. The van der Waals surface area contributed by atoms with Crippen molar-refractivity contribution in [1.29, 1.82) is 0 Å². The molecule has 0 radical (unpaired) electrons. The molecule has 0 saturated carbocycles. The summed E-state index contributed by atoms with van der Waals surface area (Å²) in [7, 11) is -4.47. The standard InChI is InChI=1S/C6H15N2O5P/c1-2-3-4(5(9)10)8-6(7)14(11,12)13/h4,6,8H,2-3,7H2,1H3,(H,9,10)(H2,11,12,13). The van der Waals surface area contributed by atoms with Crippen LogP contribution in [0.2, 0.25) is 0 Å². The second-order valence-corrected chi connectivity index (χ2v) is 4.61. The lowest BCUT2D eigenvalue weighted by atomic mass is 10.2. The van der Waals surface area contributed by atoms with Crippen LogP contribution < -0.4 is 11.1 Å². The van der Waals surface area contributed by atoms with Gasteiger partial charge in [0.1, 0.15) is 6.04 Å². The van der Waals surface area contributed by atoms with E-state index in [2.05, 4.69) is 5.32 Å². The number of hydrogen-bond donors (Lipinski definition) is 5. The highest BCUT2D eigenvalue weighted by atomic mass is 31.2. The number of rotatable bonds is 6. The Bertz CT molecular complexity index is 240. The lowest BCUT2D eigenvalue weighted by Crippen LogP contribution is -2.47. The Balaban J connectivity index is 4.30. The highest BCUT2D eigenvalue weighted by molar-refractivity contribution is 7.52. The van der Waals surface area contributed by atoms with Gasteiger partial charge in [0.25, 0.3) is 0 Å². The summed E-state index contributed by atoms with van der Waals surface area (Å²) in [6.45, 7) is 1.76. The van der Waals surface area contributed by atoms with Crippen molar-refractivity contribution in [3.05, 3.63) is 0 Å². The van der Waals surface area contributed by atoms with Crippen molar-refractivity contribution in [2.45, 2.75) is 31.7 Å². The van der Waals surface area contributed by atoms with Gasteiger partial charge in [-0.3, -0.25) is 14.7 Å². The molecule has 0 aliphatic carbocycles. The summed E-state index contributed by atoms with van der Waals surface area (Å²) >= 11 is 0. The quantitative estimate of drug-likeness (QED) is 0.297. The average Bonchev–Trinajstić information content (AvgIpc) is 2.01. The molecule has 0 aliphatic rings. The normalized spacial score (nSPS) is 16.3. The highest BCUT2D eigenvalue weighted by Crippen LogP contribution is 2.36. The van der Waals surface area contributed by atoms with E-state index in [1.807, 2.05) is 0 Å². The molecule has 0 rings (SSSR count). The van der Waals surface area contributed by atoms with Gasteiger partial charge in [-0.1, -0.05) is 13.3 Å². The van der Waals surface area contributed by atoms with Crippen LogP contribution in [0.3, 0.4) is 0 Å². The maximum atomic E-state index is 10.6. The molecule has 8 heteroatoms. The molecule has 0 amide bonds. The molecule has 0 saturated heterocycles. The smallest absolute Gasteiger partial charge is 0.356 e. The van der Waals surface area contributed by atoms with Crippen molar-refractivity contribution in [1.82, 2.24) is 5.32 Å². The number of carboxylic acids is 1. The molecule has 0 aromatic rings. The first-order valence-electron chi connectivity index (χ1n) is 4.08. The minimum Gasteiger partial charge on any atom is -0.480 e. The maximum absolute atomic E-state index is 10.6.